The Labute approximate surface area is 173 Å². The van der Waals surface area contributed by atoms with Gasteiger partial charge in [0.15, 0.2) is 0 Å². The van der Waals surface area contributed by atoms with Crippen molar-refractivity contribution in [3.63, 3.8) is 0 Å². The average molecular weight is 419 g/mol. The molecule has 2 aliphatic rings. The van der Waals surface area contributed by atoms with Crippen LogP contribution in [0.1, 0.15) is 62.3 Å². The maximum atomic E-state index is 12.2. The van der Waals surface area contributed by atoms with E-state index in [1.54, 1.807) is 6.07 Å². The van der Waals surface area contributed by atoms with Crippen molar-refractivity contribution < 1.29 is 18.8 Å². The third-order valence-electron chi connectivity index (χ3n) is 5.76. The van der Waals surface area contributed by atoms with Crippen LogP contribution in [0.15, 0.2) is 16.7 Å². The van der Waals surface area contributed by atoms with Crippen LogP contribution in [0.3, 0.4) is 0 Å². The predicted octanol–water partition coefficient (Wildman–Crippen LogP) is 3.71. The Morgan fingerprint density at radius 3 is 2.79 bits per heavy atom. The molecule has 0 unspecified atom stereocenters. The number of aryl methyl sites for hydroxylation is 1. The summed E-state index contributed by atoms with van der Waals surface area (Å²) in [5, 5.41) is 9.54. The van der Waals surface area contributed by atoms with E-state index in [0.717, 1.165) is 42.7 Å². The molecule has 2 saturated carbocycles. The second kappa shape index (κ2) is 7.44. The summed E-state index contributed by atoms with van der Waals surface area (Å²) in [7, 11) is 0. The quantitative estimate of drug-likeness (QED) is 0.741. The Morgan fingerprint density at radius 2 is 2.10 bits per heavy atom. The van der Waals surface area contributed by atoms with Gasteiger partial charge in [0.1, 0.15) is 17.7 Å². The lowest BCUT2D eigenvalue weighted by Gasteiger charge is -2.22. The number of amides is 2. The van der Waals surface area contributed by atoms with Gasteiger partial charge >= 0.3 is 6.09 Å². The molecule has 0 saturated heterocycles. The summed E-state index contributed by atoms with van der Waals surface area (Å²) in [5.41, 5.74) is 0.556. The summed E-state index contributed by atoms with van der Waals surface area (Å²) in [6.07, 6.45) is 4.21. The highest BCUT2D eigenvalue weighted by Crippen LogP contribution is 2.44. The monoisotopic (exact) mass is 418 g/mol. The highest BCUT2D eigenvalue weighted by molar-refractivity contribution is 7.06. The minimum Gasteiger partial charge on any atom is -0.446 e. The minimum absolute atomic E-state index is 0.0752. The predicted molar refractivity (Wildman–Crippen MR) is 108 cm³/mol. The van der Waals surface area contributed by atoms with E-state index in [2.05, 4.69) is 27.1 Å². The molecular weight excluding hydrogens is 392 g/mol. The van der Waals surface area contributed by atoms with Gasteiger partial charge in [-0.05, 0) is 63.6 Å². The van der Waals surface area contributed by atoms with Gasteiger partial charge in [-0.3, -0.25) is 4.79 Å². The standard InChI is InChI=1S/C20H26N4O4S/c1-12-8-14(28-23-12)9-17(25)21-16-10-15(29-24-16)19(2)5-4-13(11-19)27-18(26)22-20(3)6-7-20/h8,10,13H,4-7,9,11H2,1-3H3,(H,22,26)(H,21,24,25)/t13-,19+/m1/s1. The van der Waals surface area contributed by atoms with Gasteiger partial charge in [0.25, 0.3) is 0 Å². The molecule has 2 aromatic heterocycles. The molecule has 9 heteroatoms. The van der Waals surface area contributed by atoms with Crippen molar-refractivity contribution in [2.75, 3.05) is 5.32 Å². The molecule has 2 amide bonds. The van der Waals surface area contributed by atoms with Crippen molar-refractivity contribution in [2.45, 2.75) is 76.4 Å². The fourth-order valence-corrected chi connectivity index (χ4v) is 4.58. The molecule has 0 bridgehead atoms. The number of alkyl carbamates (subject to hydrolysis) is 1. The number of hydrogen-bond acceptors (Lipinski definition) is 7. The van der Waals surface area contributed by atoms with Gasteiger partial charge in [-0.15, -0.1) is 0 Å². The lowest BCUT2D eigenvalue weighted by Crippen LogP contribution is -2.36. The fourth-order valence-electron chi connectivity index (χ4n) is 3.71. The first-order valence-corrected chi connectivity index (χ1v) is 10.7. The van der Waals surface area contributed by atoms with E-state index in [-0.39, 0.29) is 35.5 Å². The number of carbonyl (C=O) groups is 2. The van der Waals surface area contributed by atoms with E-state index >= 15 is 0 Å². The second-order valence-electron chi connectivity index (χ2n) is 8.75. The van der Waals surface area contributed by atoms with Gasteiger partial charge in [0.05, 0.1) is 12.1 Å². The van der Waals surface area contributed by atoms with Gasteiger partial charge in [-0.1, -0.05) is 12.1 Å². The van der Waals surface area contributed by atoms with Gasteiger partial charge in [0.2, 0.25) is 5.91 Å². The van der Waals surface area contributed by atoms with E-state index in [4.69, 9.17) is 9.26 Å². The molecule has 2 fully saturated rings. The van der Waals surface area contributed by atoms with Crippen molar-refractivity contribution in [3.8, 4) is 0 Å². The SMILES string of the molecule is Cc1cc(CC(=O)Nc2cc([C@@]3(C)CC[C@@H](OC(=O)NC4(C)CC4)C3)sn2)on1. The normalized spacial score (nSPS) is 24.9. The Kier molecular flexibility index (Phi) is 5.10. The molecule has 0 spiro atoms. The summed E-state index contributed by atoms with van der Waals surface area (Å²) in [6.45, 7) is 6.00. The number of hydrogen-bond donors (Lipinski definition) is 2. The molecule has 2 N–H and O–H groups in total. The van der Waals surface area contributed by atoms with E-state index in [0.29, 0.717) is 11.6 Å². The zero-order valence-corrected chi connectivity index (χ0v) is 17.7. The average Bonchev–Trinajstić information content (AvgIpc) is 3.02. The molecule has 8 nitrogen and oxygen atoms in total. The van der Waals surface area contributed by atoms with Crippen LogP contribution >= 0.6 is 11.5 Å². The molecule has 4 rings (SSSR count). The Morgan fingerprint density at radius 1 is 1.31 bits per heavy atom. The molecule has 2 aromatic rings. The minimum atomic E-state index is -0.320. The Balaban J connectivity index is 1.31. The summed E-state index contributed by atoms with van der Waals surface area (Å²) < 4.78 is 15.1. The number of rotatable bonds is 6. The smallest absolute Gasteiger partial charge is 0.407 e. The number of anilines is 1. The van der Waals surface area contributed by atoms with Crippen LogP contribution in [-0.4, -0.2) is 33.2 Å². The number of nitrogens with zero attached hydrogens (tertiary/aromatic N) is 2. The molecule has 0 aliphatic heterocycles. The van der Waals surface area contributed by atoms with Crippen LogP contribution < -0.4 is 10.6 Å². The van der Waals surface area contributed by atoms with Crippen molar-refractivity contribution >= 4 is 29.4 Å². The highest BCUT2D eigenvalue weighted by Gasteiger charge is 2.42. The lowest BCUT2D eigenvalue weighted by molar-refractivity contribution is -0.115. The van der Waals surface area contributed by atoms with Crippen molar-refractivity contribution in [1.82, 2.24) is 14.8 Å². The number of aromatic nitrogens is 2. The lowest BCUT2D eigenvalue weighted by atomic mass is 9.87. The van der Waals surface area contributed by atoms with Crippen molar-refractivity contribution in [2.24, 2.45) is 0 Å². The topological polar surface area (TPSA) is 106 Å². The molecule has 29 heavy (non-hydrogen) atoms. The zero-order chi connectivity index (χ0) is 20.6. The first-order chi connectivity index (χ1) is 13.7. The first-order valence-electron chi connectivity index (χ1n) is 9.91. The number of ether oxygens (including phenoxy) is 1. The summed E-state index contributed by atoms with van der Waals surface area (Å²) in [5.74, 6) is 0.869. The molecule has 2 aliphatic carbocycles. The van der Waals surface area contributed by atoms with Gasteiger partial charge in [0, 0.05) is 21.9 Å². The maximum absolute atomic E-state index is 12.2. The van der Waals surface area contributed by atoms with E-state index in [1.165, 1.54) is 11.5 Å². The third-order valence-corrected chi connectivity index (χ3v) is 6.85. The molecule has 2 heterocycles. The maximum Gasteiger partial charge on any atom is 0.407 e. The number of carbonyl (C=O) groups excluding carboxylic acids is 2. The zero-order valence-electron chi connectivity index (χ0n) is 16.9. The van der Waals surface area contributed by atoms with Crippen LogP contribution in [0.4, 0.5) is 10.6 Å². The largest absolute Gasteiger partial charge is 0.446 e. The Hall–Kier alpha value is -2.42. The summed E-state index contributed by atoms with van der Waals surface area (Å²) >= 11 is 1.38. The Bertz CT molecular complexity index is 919. The highest BCUT2D eigenvalue weighted by atomic mass is 32.1. The molecule has 0 radical (unpaired) electrons. The van der Waals surface area contributed by atoms with Gasteiger partial charge in [-0.25, -0.2) is 4.79 Å². The molecule has 0 aromatic carbocycles. The van der Waals surface area contributed by atoms with Gasteiger partial charge < -0.3 is 19.9 Å². The third kappa shape index (κ3) is 4.77. The van der Waals surface area contributed by atoms with E-state index in [9.17, 15) is 9.59 Å². The van der Waals surface area contributed by atoms with Crippen LogP contribution in [0.25, 0.3) is 0 Å². The molecule has 2 atom stereocenters. The summed E-state index contributed by atoms with van der Waals surface area (Å²) in [4.78, 5) is 25.4. The first kappa shape index (κ1) is 19.9. The summed E-state index contributed by atoms with van der Waals surface area (Å²) in [6, 6.07) is 3.66. The molecule has 156 valence electrons. The van der Waals surface area contributed by atoms with Crippen molar-refractivity contribution in [1.29, 1.82) is 0 Å². The molecular formula is C20H26N4O4S. The van der Waals surface area contributed by atoms with E-state index in [1.807, 2.05) is 19.9 Å². The fraction of sp³-hybridized carbons (Fsp3) is 0.600. The van der Waals surface area contributed by atoms with Gasteiger partial charge in [-0.2, -0.15) is 4.37 Å². The van der Waals surface area contributed by atoms with Crippen molar-refractivity contribution in [3.05, 3.63) is 28.5 Å². The van der Waals surface area contributed by atoms with Crippen LogP contribution in [0, 0.1) is 6.92 Å². The van der Waals surface area contributed by atoms with Crippen LogP contribution in [-0.2, 0) is 21.4 Å². The number of nitrogens with one attached hydrogen (secondary N) is 2. The van der Waals surface area contributed by atoms with Crippen LogP contribution in [0.2, 0.25) is 0 Å². The van der Waals surface area contributed by atoms with E-state index < -0.39 is 0 Å². The second-order valence-corrected chi connectivity index (χ2v) is 9.56. The van der Waals surface area contributed by atoms with Crippen LogP contribution in [0.5, 0.6) is 0 Å².